The molecule has 1 amide bonds. The Hall–Kier alpha value is -2.17. The molecule has 1 fully saturated rings. The first-order chi connectivity index (χ1) is 10.7. The third-order valence-electron chi connectivity index (χ3n) is 4.30. The third kappa shape index (κ3) is 3.18. The fourth-order valence-electron chi connectivity index (χ4n) is 2.79. The molecule has 1 aliphatic rings. The minimum absolute atomic E-state index is 0.0369. The summed E-state index contributed by atoms with van der Waals surface area (Å²) in [6.45, 7) is 4.94. The molecule has 2 N–H and O–H groups in total. The van der Waals surface area contributed by atoms with Gasteiger partial charge in [-0.05, 0) is 30.4 Å². The number of nitrogens with one attached hydrogen (secondary N) is 2. The van der Waals surface area contributed by atoms with Crippen molar-refractivity contribution in [2.24, 2.45) is 5.92 Å². The van der Waals surface area contributed by atoms with E-state index in [0.29, 0.717) is 23.9 Å². The molecule has 1 aliphatic carbocycles. The van der Waals surface area contributed by atoms with Crippen molar-refractivity contribution in [3.63, 3.8) is 0 Å². The predicted octanol–water partition coefficient (Wildman–Crippen LogP) is 2.85. The van der Waals surface area contributed by atoms with Crippen molar-refractivity contribution in [3.05, 3.63) is 47.5 Å². The first-order valence-corrected chi connectivity index (χ1v) is 7.88. The van der Waals surface area contributed by atoms with Crippen molar-refractivity contribution in [2.45, 2.75) is 38.5 Å². The van der Waals surface area contributed by atoms with Gasteiger partial charge >= 0.3 is 0 Å². The second-order valence-corrected chi connectivity index (χ2v) is 6.32. The molecule has 2 aromatic heterocycles. The molecule has 2 aromatic rings. The van der Waals surface area contributed by atoms with Gasteiger partial charge in [-0.25, -0.2) is 0 Å². The van der Waals surface area contributed by atoms with E-state index in [4.69, 9.17) is 0 Å². The lowest BCUT2D eigenvalue weighted by atomic mass is 9.89. The predicted molar refractivity (Wildman–Crippen MR) is 84.7 cm³/mol. The smallest absolute Gasteiger partial charge is 0.254 e. The van der Waals surface area contributed by atoms with Crippen LogP contribution in [-0.2, 0) is 0 Å². The van der Waals surface area contributed by atoms with Crippen LogP contribution >= 0.6 is 0 Å². The van der Waals surface area contributed by atoms with Crippen molar-refractivity contribution < 1.29 is 4.79 Å². The van der Waals surface area contributed by atoms with E-state index in [1.807, 2.05) is 12.3 Å². The van der Waals surface area contributed by atoms with Gasteiger partial charge in [0.1, 0.15) is 0 Å². The van der Waals surface area contributed by atoms with E-state index in [1.54, 1.807) is 12.4 Å². The Morgan fingerprint density at radius 3 is 2.86 bits per heavy atom. The number of hydrogen-bond acceptors (Lipinski definition) is 3. The van der Waals surface area contributed by atoms with Crippen LogP contribution in [0.5, 0.6) is 0 Å². The number of nitrogens with zero attached hydrogens (tertiary/aromatic N) is 2. The van der Waals surface area contributed by atoms with Crippen molar-refractivity contribution in [3.8, 4) is 0 Å². The molecule has 0 radical (unpaired) electrons. The molecule has 1 unspecified atom stereocenters. The summed E-state index contributed by atoms with van der Waals surface area (Å²) >= 11 is 0. The van der Waals surface area contributed by atoms with Gasteiger partial charge in [0.05, 0.1) is 17.5 Å². The van der Waals surface area contributed by atoms with Crippen molar-refractivity contribution >= 4 is 5.91 Å². The summed E-state index contributed by atoms with van der Waals surface area (Å²) < 4.78 is 0. The first-order valence-electron chi connectivity index (χ1n) is 7.88. The molecular formula is C17H22N4O. The Balaban J connectivity index is 1.67. The fraction of sp³-hybridized carbons (Fsp3) is 0.471. The normalized spacial score (nSPS) is 15.8. The second-order valence-electron chi connectivity index (χ2n) is 6.32. The van der Waals surface area contributed by atoms with Gasteiger partial charge in [-0.2, -0.15) is 5.10 Å². The number of aromatic amines is 1. The maximum atomic E-state index is 12.4. The van der Waals surface area contributed by atoms with E-state index in [2.05, 4.69) is 40.4 Å². The summed E-state index contributed by atoms with van der Waals surface area (Å²) in [5.74, 6) is 1.14. The van der Waals surface area contributed by atoms with Gasteiger partial charge in [-0.3, -0.25) is 14.9 Å². The Kier molecular flexibility index (Phi) is 4.22. The minimum atomic E-state index is -0.0369. The molecular weight excluding hydrogens is 276 g/mol. The van der Waals surface area contributed by atoms with Crippen molar-refractivity contribution in [2.75, 3.05) is 6.54 Å². The van der Waals surface area contributed by atoms with Gasteiger partial charge < -0.3 is 5.32 Å². The number of amides is 1. The molecule has 0 aliphatic heterocycles. The standard InChI is InChI=1S/C17H22N4O/c1-11(2)14(13-4-3-7-18-8-13)9-19-17(22)15-10-20-21-16(15)12-5-6-12/h3-4,7-8,10-12,14H,5-6,9H2,1-2H3,(H,19,22)(H,20,21). The Morgan fingerprint density at radius 1 is 1.41 bits per heavy atom. The number of hydrogen-bond donors (Lipinski definition) is 2. The van der Waals surface area contributed by atoms with E-state index < -0.39 is 0 Å². The van der Waals surface area contributed by atoms with E-state index >= 15 is 0 Å². The highest BCUT2D eigenvalue weighted by molar-refractivity contribution is 5.95. The fourth-order valence-corrected chi connectivity index (χ4v) is 2.79. The molecule has 0 spiro atoms. The van der Waals surface area contributed by atoms with E-state index in [0.717, 1.165) is 24.1 Å². The zero-order chi connectivity index (χ0) is 15.5. The molecule has 5 heteroatoms. The highest BCUT2D eigenvalue weighted by atomic mass is 16.1. The maximum Gasteiger partial charge on any atom is 0.254 e. The molecule has 1 saturated carbocycles. The van der Waals surface area contributed by atoms with E-state index in [9.17, 15) is 4.79 Å². The van der Waals surface area contributed by atoms with Crippen molar-refractivity contribution in [1.82, 2.24) is 20.5 Å². The summed E-state index contributed by atoms with van der Waals surface area (Å²) in [7, 11) is 0. The molecule has 22 heavy (non-hydrogen) atoms. The molecule has 5 nitrogen and oxygen atoms in total. The minimum Gasteiger partial charge on any atom is -0.351 e. The molecule has 0 aromatic carbocycles. The zero-order valence-electron chi connectivity index (χ0n) is 13.0. The zero-order valence-corrected chi connectivity index (χ0v) is 13.0. The van der Waals surface area contributed by atoms with Crippen molar-refractivity contribution in [1.29, 1.82) is 0 Å². The molecule has 1 atom stereocenters. The van der Waals surface area contributed by atoms with Gasteiger partial charge in [0.2, 0.25) is 0 Å². The molecule has 2 heterocycles. The second kappa shape index (κ2) is 6.30. The summed E-state index contributed by atoms with van der Waals surface area (Å²) in [5.41, 5.74) is 2.84. The lowest BCUT2D eigenvalue weighted by Crippen LogP contribution is -2.30. The van der Waals surface area contributed by atoms with Crippen LogP contribution in [0.2, 0.25) is 0 Å². The first kappa shape index (κ1) is 14.8. The Morgan fingerprint density at radius 2 is 2.23 bits per heavy atom. The summed E-state index contributed by atoms with van der Waals surface area (Å²) in [4.78, 5) is 16.6. The monoisotopic (exact) mass is 298 g/mol. The van der Waals surface area contributed by atoms with E-state index in [-0.39, 0.29) is 11.8 Å². The van der Waals surface area contributed by atoms with Crippen LogP contribution in [0.1, 0.15) is 60.1 Å². The van der Waals surface area contributed by atoms with Gasteiger partial charge in [-0.15, -0.1) is 0 Å². The number of rotatable bonds is 6. The van der Waals surface area contributed by atoms with E-state index in [1.165, 1.54) is 0 Å². The van der Waals surface area contributed by atoms with Crippen LogP contribution in [0.15, 0.2) is 30.7 Å². The molecule has 116 valence electrons. The number of aromatic nitrogens is 3. The molecule has 3 rings (SSSR count). The van der Waals surface area contributed by atoms with Crippen LogP contribution in [0.4, 0.5) is 0 Å². The lowest BCUT2D eigenvalue weighted by molar-refractivity contribution is 0.0948. The summed E-state index contributed by atoms with van der Waals surface area (Å²) in [6.07, 6.45) is 7.58. The number of pyridine rings is 1. The average molecular weight is 298 g/mol. The summed E-state index contributed by atoms with van der Waals surface area (Å²) in [6, 6.07) is 4.01. The SMILES string of the molecule is CC(C)C(CNC(=O)c1cn[nH]c1C1CC1)c1cccnc1. The lowest BCUT2D eigenvalue weighted by Gasteiger charge is -2.21. The van der Waals surface area contributed by atoms with Crippen LogP contribution in [0.3, 0.4) is 0 Å². The van der Waals surface area contributed by atoms with Gasteiger partial charge in [0, 0.05) is 30.8 Å². The largest absolute Gasteiger partial charge is 0.351 e. The Bertz CT molecular complexity index is 631. The summed E-state index contributed by atoms with van der Waals surface area (Å²) in [5, 5.41) is 10.1. The number of carbonyl (C=O) groups excluding carboxylic acids is 1. The molecule has 0 saturated heterocycles. The molecule has 0 bridgehead atoms. The Labute approximate surface area is 130 Å². The number of carbonyl (C=O) groups is 1. The van der Waals surface area contributed by atoms with Crippen LogP contribution in [0.25, 0.3) is 0 Å². The van der Waals surface area contributed by atoms with Gasteiger partial charge in [0.25, 0.3) is 5.91 Å². The highest BCUT2D eigenvalue weighted by Crippen LogP contribution is 2.40. The third-order valence-corrected chi connectivity index (χ3v) is 4.30. The average Bonchev–Trinajstić information content (AvgIpc) is 3.25. The number of H-pyrrole nitrogens is 1. The highest BCUT2D eigenvalue weighted by Gasteiger charge is 2.30. The topological polar surface area (TPSA) is 70.7 Å². The van der Waals surface area contributed by atoms with Crippen LogP contribution in [-0.4, -0.2) is 27.6 Å². The van der Waals surface area contributed by atoms with Gasteiger partial charge in [0.15, 0.2) is 0 Å². The van der Waals surface area contributed by atoms with Crippen LogP contribution in [0, 0.1) is 5.92 Å². The van der Waals surface area contributed by atoms with Crippen LogP contribution < -0.4 is 5.32 Å². The van der Waals surface area contributed by atoms with Gasteiger partial charge in [-0.1, -0.05) is 19.9 Å². The quantitative estimate of drug-likeness (QED) is 0.861. The maximum absolute atomic E-state index is 12.4.